The van der Waals surface area contributed by atoms with Crippen molar-refractivity contribution < 1.29 is 14.3 Å². The number of carbonyl (C=O) groups is 2. The van der Waals surface area contributed by atoms with E-state index >= 15 is 0 Å². The van der Waals surface area contributed by atoms with Gasteiger partial charge in [0.05, 0.1) is 18.7 Å². The number of hydrogen-bond acceptors (Lipinski definition) is 4. The fourth-order valence-corrected chi connectivity index (χ4v) is 2.22. The first-order chi connectivity index (χ1) is 11.5. The van der Waals surface area contributed by atoms with Gasteiger partial charge >= 0.3 is 5.97 Å². The molecule has 0 aliphatic carbocycles. The van der Waals surface area contributed by atoms with E-state index in [0.717, 1.165) is 11.3 Å². The fraction of sp³-hybridized carbons (Fsp3) is 0.263. The molecule has 0 saturated carbocycles. The van der Waals surface area contributed by atoms with Crippen LogP contribution in [0.3, 0.4) is 0 Å². The molecule has 0 fully saturated rings. The van der Waals surface area contributed by atoms with Gasteiger partial charge in [-0.1, -0.05) is 18.2 Å². The highest BCUT2D eigenvalue weighted by molar-refractivity contribution is 5.98. The molecule has 0 unspecified atom stereocenters. The molecular weight excluding hydrogens is 304 g/mol. The molecule has 0 heterocycles. The van der Waals surface area contributed by atoms with E-state index in [-0.39, 0.29) is 12.5 Å². The standard InChI is InChI=1S/C19H22N2O3/c1-4-24-19(23)16-7-5-6-8-17(16)20-12-18(22)21-15-10-9-13(2)14(3)11-15/h5-11,20H,4,12H2,1-3H3,(H,21,22). The minimum atomic E-state index is -0.407. The maximum atomic E-state index is 12.1. The predicted octanol–water partition coefficient (Wildman–Crippen LogP) is 3.53. The van der Waals surface area contributed by atoms with Crippen LogP contribution in [0.1, 0.15) is 28.4 Å². The van der Waals surface area contributed by atoms with Gasteiger partial charge in [0, 0.05) is 11.4 Å². The van der Waals surface area contributed by atoms with E-state index in [2.05, 4.69) is 10.6 Å². The average Bonchev–Trinajstić information content (AvgIpc) is 2.57. The molecule has 24 heavy (non-hydrogen) atoms. The van der Waals surface area contributed by atoms with Crippen molar-refractivity contribution in [3.05, 3.63) is 59.2 Å². The Hall–Kier alpha value is -2.82. The largest absolute Gasteiger partial charge is 0.462 e. The first-order valence-electron chi connectivity index (χ1n) is 7.88. The van der Waals surface area contributed by atoms with Gasteiger partial charge in [-0.05, 0) is 56.2 Å². The second kappa shape index (κ2) is 8.15. The van der Waals surface area contributed by atoms with Crippen molar-refractivity contribution in [2.24, 2.45) is 0 Å². The summed E-state index contributed by atoms with van der Waals surface area (Å²) in [6, 6.07) is 12.7. The van der Waals surface area contributed by atoms with E-state index in [4.69, 9.17) is 4.74 Å². The minimum absolute atomic E-state index is 0.0589. The summed E-state index contributed by atoms with van der Waals surface area (Å²) in [5, 5.41) is 5.82. The number of para-hydroxylation sites is 1. The Morgan fingerprint density at radius 2 is 1.79 bits per heavy atom. The summed E-state index contributed by atoms with van der Waals surface area (Å²) in [4.78, 5) is 24.0. The number of amides is 1. The molecule has 2 aromatic rings. The molecule has 0 aliphatic heterocycles. The van der Waals surface area contributed by atoms with Crippen LogP contribution < -0.4 is 10.6 Å². The van der Waals surface area contributed by atoms with Crippen molar-refractivity contribution >= 4 is 23.3 Å². The Morgan fingerprint density at radius 3 is 2.50 bits per heavy atom. The summed E-state index contributed by atoms with van der Waals surface area (Å²) < 4.78 is 5.02. The highest BCUT2D eigenvalue weighted by Crippen LogP contribution is 2.17. The summed E-state index contributed by atoms with van der Waals surface area (Å²) in [5.74, 6) is -0.591. The van der Waals surface area contributed by atoms with E-state index in [0.29, 0.717) is 17.9 Å². The van der Waals surface area contributed by atoms with Gasteiger partial charge in [-0.15, -0.1) is 0 Å². The second-order valence-electron chi connectivity index (χ2n) is 5.47. The molecule has 0 bridgehead atoms. The molecule has 5 nitrogen and oxygen atoms in total. The molecule has 5 heteroatoms. The summed E-state index contributed by atoms with van der Waals surface area (Å²) in [7, 11) is 0. The zero-order valence-corrected chi connectivity index (χ0v) is 14.2. The summed E-state index contributed by atoms with van der Waals surface area (Å²) in [6.45, 7) is 6.14. The highest BCUT2D eigenvalue weighted by atomic mass is 16.5. The number of rotatable bonds is 6. The molecule has 126 valence electrons. The number of anilines is 2. The van der Waals surface area contributed by atoms with Gasteiger partial charge in [0.15, 0.2) is 0 Å². The molecule has 0 radical (unpaired) electrons. The van der Waals surface area contributed by atoms with Crippen molar-refractivity contribution in [2.75, 3.05) is 23.8 Å². The lowest BCUT2D eigenvalue weighted by Crippen LogP contribution is -2.22. The zero-order valence-electron chi connectivity index (χ0n) is 14.2. The number of esters is 1. The van der Waals surface area contributed by atoms with Gasteiger partial charge in [0.2, 0.25) is 5.91 Å². The van der Waals surface area contributed by atoms with Gasteiger partial charge in [-0.3, -0.25) is 4.79 Å². The molecule has 2 N–H and O–H groups in total. The summed E-state index contributed by atoms with van der Waals surface area (Å²) in [6.07, 6.45) is 0. The van der Waals surface area contributed by atoms with Crippen LogP contribution in [0, 0.1) is 13.8 Å². The normalized spacial score (nSPS) is 10.1. The van der Waals surface area contributed by atoms with Crippen LogP contribution in [0.4, 0.5) is 11.4 Å². The lowest BCUT2D eigenvalue weighted by Gasteiger charge is -2.12. The van der Waals surface area contributed by atoms with Crippen LogP contribution in [-0.4, -0.2) is 25.0 Å². The number of benzene rings is 2. The topological polar surface area (TPSA) is 67.4 Å². The summed E-state index contributed by atoms with van der Waals surface area (Å²) in [5.41, 5.74) is 4.04. The van der Waals surface area contributed by atoms with E-state index in [1.807, 2.05) is 32.0 Å². The lowest BCUT2D eigenvalue weighted by atomic mass is 10.1. The lowest BCUT2D eigenvalue weighted by molar-refractivity contribution is -0.114. The number of ether oxygens (including phenoxy) is 1. The van der Waals surface area contributed by atoms with E-state index < -0.39 is 5.97 Å². The van der Waals surface area contributed by atoms with Crippen molar-refractivity contribution in [3.8, 4) is 0 Å². The average molecular weight is 326 g/mol. The van der Waals surface area contributed by atoms with Gasteiger partial charge in [-0.25, -0.2) is 4.79 Å². The number of aryl methyl sites for hydroxylation is 2. The second-order valence-corrected chi connectivity index (χ2v) is 5.47. The predicted molar refractivity (Wildman–Crippen MR) is 95.4 cm³/mol. The minimum Gasteiger partial charge on any atom is -0.462 e. The third kappa shape index (κ3) is 4.59. The van der Waals surface area contributed by atoms with Crippen LogP contribution in [0.5, 0.6) is 0 Å². The monoisotopic (exact) mass is 326 g/mol. The van der Waals surface area contributed by atoms with Crippen LogP contribution >= 0.6 is 0 Å². The molecule has 1 amide bonds. The Balaban J connectivity index is 1.99. The highest BCUT2D eigenvalue weighted by Gasteiger charge is 2.12. The molecule has 0 spiro atoms. The zero-order chi connectivity index (χ0) is 17.5. The third-order valence-electron chi connectivity index (χ3n) is 3.65. The van der Waals surface area contributed by atoms with E-state index in [9.17, 15) is 9.59 Å². The van der Waals surface area contributed by atoms with Crippen molar-refractivity contribution in [1.29, 1.82) is 0 Å². The van der Waals surface area contributed by atoms with Gasteiger partial charge in [-0.2, -0.15) is 0 Å². The third-order valence-corrected chi connectivity index (χ3v) is 3.65. The molecule has 0 saturated heterocycles. The Morgan fingerprint density at radius 1 is 1.04 bits per heavy atom. The maximum Gasteiger partial charge on any atom is 0.340 e. The Bertz CT molecular complexity index is 741. The van der Waals surface area contributed by atoms with Gasteiger partial charge in [0.1, 0.15) is 0 Å². The SMILES string of the molecule is CCOC(=O)c1ccccc1NCC(=O)Nc1ccc(C)c(C)c1. The molecule has 0 aliphatic rings. The summed E-state index contributed by atoms with van der Waals surface area (Å²) >= 11 is 0. The number of hydrogen-bond donors (Lipinski definition) is 2. The van der Waals surface area contributed by atoms with Crippen LogP contribution in [-0.2, 0) is 9.53 Å². The van der Waals surface area contributed by atoms with Gasteiger partial charge < -0.3 is 15.4 Å². The van der Waals surface area contributed by atoms with Crippen molar-refractivity contribution in [1.82, 2.24) is 0 Å². The maximum absolute atomic E-state index is 12.1. The smallest absolute Gasteiger partial charge is 0.340 e. The van der Waals surface area contributed by atoms with Crippen molar-refractivity contribution in [3.63, 3.8) is 0 Å². The Kier molecular flexibility index (Phi) is 5.95. The quantitative estimate of drug-likeness (QED) is 0.797. The molecular formula is C19H22N2O3. The van der Waals surface area contributed by atoms with E-state index in [1.54, 1.807) is 31.2 Å². The molecule has 2 rings (SSSR count). The van der Waals surface area contributed by atoms with Crippen molar-refractivity contribution in [2.45, 2.75) is 20.8 Å². The number of nitrogens with one attached hydrogen (secondary N) is 2. The van der Waals surface area contributed by atoms with E-state index in [1.165, 1.54) is 5.56 Å². The fourth-order valence-electron chi connectivity index (χ4n) is 2.22. The van der Waals surface area contributed by atoms with Crippen LogP contribution in [0.15, 0.2) is 42.5 Å². The molecule has 0 aromatic heterocycles. The van der Waals surface area contributed by atoms with Crippen LogP contribution in [0.2, 0.25) is 0 Å². The molecule has 2 aromatic carbocycles. The molecule has 0 atom stereocenters. The number of carbonyl (C=O) groups excluding carboxylic acids is 2. The Labute approximate surface area is 142 Å². The van der Waals surface area contributed by atoms with Crippen LogP contribution in [0.25, 0.3) is 0 Å². The first kappa shape index (κ1) is 17.5. The van der Waals surface area contributed by atoms with Gasteiger partial charge in [0.25, 0.3) is 0 Å². The first-order valence-corrected chi connectivity index (χ1v) is 7.88.